The fraction of sp³-hybridized carbons (Fsp3) is 0.500. The second-order valence-electron chi connectivity index (χ2n) is 5.48. The second kappa shape index (κ2) is 7.61. The molecule has 1 unspecified atom stereocenters. The lowest BCUT2D eigenvalue weighted by Gasteiger charge is -2.15. The van der Waals surface area contributed by atoms with E-state index in [-0.39, 0.29) is 24.4 Å². The van der Waals surface area contributed by atoms with Crippen LogP contribution in [-0.2, 0) is 17.9 Å². The minimum atomic E-state index is -0.0994. The maximum absolute atomic E-state index is 12.0. The second-order valence-corrected chi connectivity index (χ2v) is 5.48. The summed E-state index contributed by atoms with van der Waals surface area (Å²) >= 11 is 0. The number of aromatic nitrogens is 2. The Labute approximate surface area is 136 Å². The van der Waals surface area contributed by atoms with E-state index in [4.69, 9.17) is 0 Å². The Balaban J connectivity index is 0.00000176. The number of nitrogens with one attached hydrogen (secondary N) is 2. The molecule has 1 aliphatic rings. The normalized spacial score (nSPS) is 18.6. The van der Waals surface area contributed by atoms with E-state index >= 15 is 0 Å². The molecule has 1 atom stereocenters. The molecule has 6 heteroatoms. The fourth-order valence-corrected chi connectivity index (χ4v) is 2.96. The zero-order chi connectivity index (χ0) is 14.7. The number of nitrogens with zero attached hydrogens (tertiary/aromatic N) is 2. The number of hydrogen-bond acceptors (Lipinski definition) is 3. The van der Waals surface area contributed by atoms with Crippen molar-refractivity contribution in [2.24, 2.45) is 0 Å². The molecule has 2 aromatic rings. The summed E-state index contributed by atoms with van der Waals surface area (Å²) in [4.78, 5) is 16.6. The van der Waals surface area contributed by atoms with E-state index in [0.29, 0.717) is 6.54 Å². The Bertz CT molecular complexity index is 640. The number of imidazole rings is 1. The molecule has 5 nitrogen and oxygen atoms in total. The Morgan fingerprint density at radius 1 is 1.36 bits per heavy atom. The van der Waals surface area contributed by atoms with Gasteiger partial charge in [-0.2, -0.15) is 0 Å². The van der Waals surface area contributed by atoms with E-state index in [2.05, 4.69) is 33.2 Å². The Morgan fingerprint density at radius 3 is 3.00 bits per heavy atom. The first-order valence-corrected chi connectivity index (χ1v) is 7.75. The first-order valence-electron chi connectivity index (χ1n) is 7.75. The van der Waals surface area contributed by atoms with Crippen molar-refractivity contribution in [3.63, 3.8) is 0 Å². The van der Waals surface area contributed by atoms with Crippen molar-refractivity contribution in [2.45, 2.75) is 45.3 Å². The summed E-state index contributed by atoms with van der Waals surface area (Å²) in [6, 6.07) is 8.06. The molecule has 120 valence electrons. The molecule has 1 saturated heterocycles. The van der Waals surface area contributed by atoms with Crippen LogP contribution in [0.3, 0.4) is 0 Å². The number of carbonyl (C=O) groups is 1. The number of aryl methyl sites for hydroxylation is 1. The van der Waals surface area contributed by atoms with Crippen LogP contribution in [0.4, 0.5) is 0 Å². The third kappa shape index (κ3) is 3.42. The largest absolute Gasteiger partial charge is 0.355 e. The van der Waals surface area contributed by atoms with Gasteiger partial charge >= 0.3 is 0 Å². The number of benzene rings is 1. The third-order valence-corrected chi connectivity index (χ3v) is 4.09. The summed E-state index contributed by atoms with van der Waals surface area (Å²) in [6.07, 6.45) is 3.05. The van der Waals surface area contributed by atoms with Crippen LogP contribution >= 0.6 is 12.4 Å². The summed E-state index contributed by atoms with van der Waals surface area (Å²) in [5.74, 6) is 1.11. The van der Waals surface area contributed by atoms with E-state index in [1.807, 2.05) is 18.2 Å². The predicted octanol–water partition coefficient (Wildman–Crippen LogP) is 2.24. The van der Waals surface area contributed by atoms with Crippen molar-refractivity contribution in [1.82, 2.24) is 20.2 Å². The highest BCUT2D eigenvalue weighted by Gasteiger charge is 2.20. The van der Waals surface area contributed by atoms with Crippen LogP contribution in [0.15, 0.2) is 24.3 Å². The van der Waals surface area contributed by atoms with E-state index in [1.54, 1.807) is 0 Å². The van der Waals surface area contributed by atoms with Crippen LogP contribution < -0.4 is 10.6 Å². The molecule has 2 N–H and O–H groups in total. The lowest BCUT2D eigenvalue weighted by atomic mass is 10.1. The maximum Gasteiger partial charge on any atom is 0.237 e. The van der Waals surface area contributed by atoms with Crippen molar-refractivity contribution in [3.8, 4) is 0 Å². The number of para-hydroxylation sites is 2. The van der Waals surface area contributed by atoms with Crippen LogP contribution in [0.2, 0.25) is 0 Å². The van der Waals surface area contributed by atoms with Crippen molar-refractivity contribution in [2.75, 3.05) is 6.54 Å². The number of rotatable bonds is 4. The fourth-order valence-electron chi connectivity index (χ4n) is 2.96. The number of hydrogen-bond donors (Lipinski definition) is 2. The van der Waals surface area contributed by atoms with Crippen LogP contribution in [0.25, 0.3) is 11.0 Å². The molecule has 1 aromatic carbocycles. The van der Waals surface area contributed by atoms with Crippen LogP contribution in [0.5, 0.6) is 0 Å². The van der Waals surface area contributed by atoms with Gasteiger partial charge in [0.15, 0.2) is 0 Å². The molecule has 1 amide bonds. The summed E-state index contributed by atoms with van der Waals surface area (Å²) in [6.45, 7) is 4.43. The van der Waals surface area contributed by atoms with Gasteiger partial charge in [-0.15, -0.1) is 12.4 Å². The highest BCUT2D eigenvalue weighted by Crippen LogP contribution is 2.16. The molecular weight excluding hydrogens is 300 g/mol. The molecule has 0 spiro atoms. The monoisotopic (exact) mass is 322 g/mol. The number of fused-ring (bicyclic) bond motifs is 1. The number of amides is 1. The van der Waals surface area contributed by atoms with Crippen molar-refractivity contribution in [3.05, 3.63) is 30.1 Å². The van der Waals surface area contributed by atoms with E-state index < -0.39 is 0 Å². The molecule has 3 rings (SSSR count). The Morgan fingerprint density at radius 2 is 2.18 bits per heavy atom. The third-order valence-electron chi connectivity index (χ3n) is 4.09. The van der Waals surface area contributed by atoms with Crippen LogP contribution in [-0.4, -0.2) is 28.0 Å². The van der Waals surface area contributed by atoms with E-state index in [0.717, 1.165) is 49.2 Å². The van der Waals surface area contributed by atoms with Gasteiger partial charge in [-0.3, -0.25) is 10.1 Å². The summed E-state index contributed by atoms with van der Waals surface area (Å²) in [7, 11) is 0. The average Bonchev–Trinajstić information content (AvgIpc) is 2.73. The number of carbonyl (C=O) groups excluding carboxylic acids is 1. The maximum atomic E-state index is 12.0. The van der Waals surface area contributed by atoms with Gasteiger partial charge in [-0.05, 0) is 38.3 Å². The molecule has 1 fully saturated rings. The van der Waals surface area contributed by atoms with E-state index in [1.165, 1.54) is 0 Å². The average molecular weight is 323 g/mol. The molecule has 1 aliphatic heterocycles. The standard InChI is InChI=1S/C16H22N4O.ClH/c1-2-20-14-9-4-3-7-12(14)19-15(20)11-18-13-8-5-6-10-17-16(13)21;/h3-4,7,9,13,18H,2,5-6,8,10-11H2,1H3,(H,17,21);1H. The molecule has 0 aliphatic carbocycles. The molecule has 0 bridgehead atoms. The summed E-state index contributed by atoms with van der Waals surface area (Å²) < 4.78 is 2.21. The van der Waals surface area contributed by atoms with Crippen LogP contribution in [0, 0.1) is 0 Å². The van der Waals surface area contributed by atoms with Gasteiger partial charge in [0.1, 0.15) is 5.82 Å². The summed E-state index contributed by atoms with van der Waals surface area (Å²) in [5.41, 5.74) is 2.17. The summed E-state index contributed by atoms with van der Waals surface area (Å²) in [5, 5.41) is 6.33. The molecular formula is C16H23ClN4O. The topological polar surface area (TPSA) is 59.0 Å². The quantitative estimate of drug-likeness (QED) is 0.907. The van der Waals surface area contributed by atoms with E-state index in [9.17, 15) is 4.79 Å². The van der Waals surface area contributed by atoms with Gasteiger partial charge in [-0.1, -0.05) is 12.1 Å². The zero-order valence-electron chi connectivity index (χ0n) is 12.8. The lowest BCUT2D eigenvalue weighted by molar-refractivity contribution is -0.122. The van der Waals surface area contributed by atoms with Gasteiger partial charge in [0.2, 0.25) is 5.91 Å². The smallest absolute Gasteiger partial charge is 0.237 e. The van der Waals surface area contributed by atoms with Gasteiger partial charge in [-0.25, -0.2) is 4.98 Å². The predicted molar refractivity (Wildman–Crippen MR) is 90.1 cm³/mol. The van der Waals surface area contributed by atoms with Gasteiger partial charge in [0.05, 0.1) is 23.6 Å². The highest BCUT2D eigenvalue weighted by molar-refractivity contribution is 5.85. The highest BCUT2D eigenvalue weighted by atomic mass is 35.5. The molecule has 0 radical (unpaired) electrons. The van der Waals surface area contributed by atoms with Crippen molar-refractivity contribution < 1.29 is 4.79 Å². The molecule has 1 aromatic heterocycles. The van der Waals surface area contributed by atoms with Gasteiger partial charge in [0.25, 0.3) is 0 Å². The Kier molecular flexibility index (Phi) is 5.80. The van der Waals surface area contributed by atoms with Crippen LogP contribution in [0.1, 0.15) is 32.0 Å². The minimum absolute atomic E-state index is 0. The molecule has 0 saturated carbocycles. The van der Waals surface area contributed by atoms with Gasteiger partial charge < -0.3 is 9.88 Å². The van der Waals surface area contributed by atoms with Gasteiger partial charge in [0, 0.05) is 13.1 Å². The molecule has 22 heavy (non-hydrogen) atoms. The first-order chi connectivity index (χ1) is 10.3. The van der Waals surface area contributed by atoms with Crippen molar-refractivity contribution in [1.29, 1.82) is 0 Å². The minimum Gasteiger partial charge on any atom is -0.355 e. The molecule has 2 heterocycles. The lowest BCUT2D eigenvalue weighted by Crippen LogP contribution is -2.42. The van der Waals surface area contributed by atoms with Crippen molar-refractivity contribution >= 4 is 29.3 Å². The Hall–Kier alpha value is -1.59. The first kappa shape index (κ1) is 16.8. The SMILES string of the molecule is CCn1c(CNC2CCCCNC2=O)nc2ccccc21.Cl. The number of halogens is 1. The zero-order valence-corrected chi connectivity index (χ0v) is 13.7.